The molecule has 0 saturated carbocycles. The number of rotatable bonds is 4. The van der Waals surface area contributed by atoms with E-state index >= 15 is 0 Å². The summed E-state index contributed by atoms with van der Waals surface area (Å²) in [6, 6.07) is 6.07. The van der Waals surface area contributed by atoms with E-state index in [1.165, 1.54) is 0 Å². The van der Waals surface area contributed by atoms with E-state index in [9.17, 15) is 4.79 Å². The van der Waals surface area contributed by atoms with Crippen molar-refractivity contribution in [1.82, 2.24) is 15.1 Å². The lowest BCUT2D eigenvalue weighted by molar-refractivity contribution is 0.0504. The summed E-state index contributed by atoms with van der Waals surface area (Å²) < 4.78 is 8.25. The summed E-state index contributed by atoms with van der Waals surface area (Å²) in [7, 11) is 0. The van der Waals surface area contributed by atoms with Crippen molar-refractivity contribution in [1.29, 1.82) is 0 Å². The number of benzene rings is 1. The standard InChI is InChI=1S/C17H24BrN3O2/c1-6-14-13-8-7-12(18)9-15(13)21(20-14)10-11(2)19-16(22)23-17(3,4)5/h7-9,11H,6,10H2,1-5H3,(H,19,22). The van der Waals surface area contributed by atoms with Crippen molar-refractivity contribution in [2.45, 2.75) is 59.2 Å². The van der Waals surface area contributed by atoms with Crippen LogP contribution in [0.1, 0.15) is 40.3 Å². The Morgan fingerprint density at radius 2 is 2.13 bits per heavy atom. The molecule has 0 radical (unpaired) electrons. The van der Waals surface area contributed by atoms with Gasteiger partial charge < -0.3 is 10.1 Å². The van der Waals surface area contributed by atoms with Crippen molar-refractivity contribution in [3.8, 4) is 0 Å². The van der Waals surface area contributed by atoms with E-state index in [1.54, 1.807) is 0 Å². The minimum Gasteiger partial charge on any atom is -0.444 e. The van der Waals surface area contributed by atoms with E-state index in [4.69, 9.17) is 4.74 Å². The summed E-state index contributed by atoms with van der Waals surface area (Å²) in [5.74, 6) is 0. The Labute approximate surface area is 145 Å². The van der Waals surface area contributed by atoms with Crippen molar-refractivity contribution in [3.63, 3.8) is 0 Å². The zero-order valence-corrected chi connectivity index (χ0v) is 15.9. The zero-order chi connectivity index (χ0) is 17.2. The number of ether oxygens (including phenoxy) is 1. The number of hydrogen-bond donors (Lipinski definition) is 1. The molecule has 1 N–H and O–H groups in total. The van der Waals surface area contributed by atoms with Crippen LogP contribution in [0.3, 0.4) is 0 Å². The van der Waals surface area contributed by atoms with Gasteiger partial charge in [-0.25, -0.2) is 4.79 Å². The largest absolute Gasteiger partial charge is 0.444 e. The Bertz CT molecular complexity index is 704. The van der Waals surface area contributed by atoms with Gasteiger partial charge in [0.1, 0.15) is 5.60 Å². The highest BCUT2D eigenvalue weighted by Crippen LogP contribution is 2.23. The van der Waals surface area contributed by atoms with Gasteiger partial charge in [0.15, 0.2) is 0 Å². The quantitative estimate of drug-likeness (QED) is 0.859. The van der Waals surface area contributed by atoms with E-state index < -0.39 is 11.7 Å². The number of hydrogen-bond acceptors (Lipinski definition) is 3. The molecule has 1 amide bonds. The molecule has 1 heterocycles. The van der Waals surface area contributed by atoms with Crippen molar-refractivity contribution in [3.05, 3.63) is 28.4 Å². The average Bonchev–Trinajstić information content (AvgIpc) is 2.73. The molecule has 0 saturated heterocycles. The molecule has 5 nitrogen and oxygen atoms in total. The minimum absolute atomic E-state index is 0.0864. The van der Waals surface area contributed by atoms with Gasteiger partial charge in [-0.05, 0) is 52.3 Å². The van der Waals surface area contributed by atoms with Crippen LogP contribution in [0.4, 0.5) is 4.79 Å². The monoisotopic (exact) mass is 381 g/mol. The Kier molecular flexibility index (Phi) is 5.34. The number of carbonyl (C=O) groups excluding carboxylic acids is 1. The van der Waals surface area contributed by atoms with Crippen LogP contribution in [0.5, 0.6) is 0 Å². The van der Waals surface area contributed by atoms with Crippen LogP contribution in [-0.4, -0.2) is 27.5 Å². The number of amides is 1. The van der Waals surface area contributed by atoms with Crippen LogP contribution in [0, 0.1) is 0 Å². The predicted molar refractivity (Wildman–Crippen MR) is 95.6 cm³/mol. The molecule has 6 heteroatoms. The fraction of sp³-hybridized carbons (Fsp3) is 0.529. The number of fused-ring (bicyclic) bond motifs is 1. The number of alkyl carbamates (subject to hydrolysis) is 1. The van der Waals surface area contributed by atoms with Crippen molar-refractivity contribution < 1.29 is 9.53 Å². The van der Waals surface area contributed by atoms with E-state index in [0.717, 1.165) is 27.5 Å². The molecule has 1 unspecified atom stereocenters. The first kappa shape index (κ1) is 17.8. The first-order valence-electron chi connectivity index (χ1n) is 7.84. The molecule has 1 aromatic heterocycles. The fourth-order valence-electron chi connectivity index (χ4n) is 2.43. The second-order valence-corrected chi connectivity index (χ2v) is 7.61. The third kappa shape index (κ3) is 4.70. The maximum atomic E-state index is 11.9. The van der Waals surface area contributed by atoms with Crippen LogP contribution >= 0.6 is 15.9 Å². The summed E-state index contributed by atoms with van der Waals surface area (Å²) in [6.45, 7) is 10.2. The number of carbonyl (C=O) groups is 1. The number of aryl methyl sites for hydroxylation is 1. The molecule has 126 valence electrons. The summed E-state index contributed by atoms with van der Waals surface area (Å²) in [5.41, 5.74) is 1.63. The molecule has 1 atom stereocenters. The molecule has 0 spiro atoms. The molecular formula is C17H24BrN3O2. The van der Waals surface area contributed by atoms with Crippen molar-refractivity contribution in [2.24, 2.45) is 0 Å². The molecule has 0 bridgehead atoms. The normalized spacial score (nSPS) is 13.1. The van der Waals surface area contributed by atoms with Gasteiger partial charge in [0.2, 0.25) is 0 Å². The van der Waals surface area contributed by atoms with E-state index in [0.29, 0.717) is 6.54 Å². The average molecular weight is 382 g/mol. The van der Waals surface area contributed by atoms with Gasteiger partial charge in [0, 0.05) is 15.9 Å². The lowest BCUT2D eigenvalue weighted by atomic mass is 10.2. The summed E-state index contributed by atoms with van der Waals surface area (Å²) in [6.07, 6.45) is 0.470. The minimum atomic E-state index is -0.498. The molecular weight excluding hydrogens is 358 g/mol. The maximum absolute atomic E-state index is 11.9. The highest BCUT2D eigenvalue weighted by Gasteiger charge is 2.19. The Morgan fingerprint density at radius 1 is 1.43 bits per heavy atom. The molecule has 0 aliphatic heterocycles. The van der Waals surface area contributed by atoms with Gasteiger partial charge >= 0.3 is 6.09 Å². The van der Waals surface area contributed by atoms with E-state index in [2.05, 4.69) is 45.4 Å². The number of nitrogens with one attached hydrogen (secondary N) is 1. The third-order valence-corrected chi connectivity index (χ3v) is 3.83. The number of nitrogens with zero attached hydrogens (tertiary/aromatic N) is 2. The number of aromatic nitrogens is 2. The first-order valence-corrected chi connectivity index (χ1v) is 8.63. The van der Waals surface area contributed by atoms with Crippen molar-refractivity contribution in [2.75, 3.05) is 0 Å². The van der Waals surface area contributed by atoms with Gasteiger partial charge in [0.05, 0.1) is 17.8 Å². The van der Waals surface area contributed by atoms with Gasteiger partial charge in [0.25, 0.3) is 0 Å². The molecule has 0 aliphatic carbocycles. The highest BCUT2D eigenvalue weighted by molar-refractivity contribution is 9.10. The van der Waals surface area contributed by atoms with E-state index in [-0.39, 0.29) is 6.04 Å². The summed E-state index contributed by atoms with van der Waals surface area (Å²) in [5, 5.41) is 8.69. The maximum Gasteiger partial charge on any atom is 0.407 e. The topological polar surface area (TPSA) is 56.2 Å². The van der Waals surface area contributed by atoms with Crippen LogP contribution in [0.2, 0.25) is 0 Å². The SMILES string of the molecule is CCc1nn(CC(C)NC(=O)OC(C)(C)C)c2cc(Br)ccc12. The summed E-state index contributed by atoms with van der Waals surface area (Å²) >= 11 is 3.51. The number of halogens is 1. The smallest absolute Gasteiger partial charge is 0.407 e. The predicted octanol–water partition coefficient (Wildman–Crippen LogP) is 4.27. The molecule has 0 fully saturated rings. The highest BCUT2D eigenvalue weighted by atomic mass is 79.9. The van der Waals surface area contributed by atoms with Gasteiger partial charge in [-0.2, -0.15) is 5.10 Å². The van der Waals surface area contributed by atoms with Gasteiger partial charge in [-0.1, -0.05) is 22.9 Å². The molecule has 23 heavy (non-hydrogen) atoms. The van der Waals surface area contributed by atoms with Crippen LogP contribution < -0.4 is 5.32 Å². The van der Waals surface area contributed by atoms with Crippen molar-refractivity contribution >= 4 is 32.9 Å². The lowest BCUT2D eigenvalue weighted by Crippen LogP contribution is -2.39. The lowest BCUT2D eigenvalue weighted by Gasteiger charge is -2.22. The Balaban J connectivity index is 2.15. The zero-order valence-electron chi connectivity index (χ0n) is 14.3. The second-order valence-electron chi connectivity index (χ2n) is 6.69. The molecule has 2 aromatic rings. The van der Waals surface area contributed by atoms with Gasteiger partial charge in [-0.3, -0.25) is 4.68 Å². The van der Waals surface area contributed by atoms with Crippen LogP contribution in [-0.2, 0) is 17.7 Å². The fourth-order valence-corrected chi connectivity index (χ4v) is 2.78. The molecule has 0 aliphatic rings. The van der Waals surface area contributed by atoms with Crippen LogP contribution in [0.15, 0.2) is 22.7 Å². The second kappa shape index (κ2) is 6.91. The Morgan fingerprint density at radius 3 is 2.74 bits per heavy atom. The Hall–Kier alpha value is -1.56. The van der Waals surface area contributed by atoms with Crippen LogP contribution in [0.25, 0.3) is 10.9 Å². The molecule has 1 aromatic carbocycles. The first-order chi connectivity index (χ1) is 10.7. The van der Waals surface area contributed by atoms with Gasteiger partial charge in [-0.15, -0.1) is 0 Å². The third-order valence-electron chi connectivity index (χ3n) is 3.34. The van der Waals surface area contributed by atoms with E-state index in [1.807, 2.05) is 38.4 Å². The molecule has 2 rings (SSSR count). The summed E-state index contributed by atoms with van der Waals surface area (Å²) in [4.78, 5) is 11.9.